The molecule has 0 saturated heterocycles. The molecule has 0 atom stereocenters. The van der Waals surface area contributed by atoms with Gasteiger partial charge in [0.15, 0.2) is 11.3 Å². The first-order valence-electron chi connectivity index (χ1n) is 4.70. The Morgan fingerprint density at radius 2 is 2.06 bits per heavy atom. The van der Waals surface area contributed by atoms with Crippen molar-refractivity contribution in [1.82, 2.24) is 4.98 Å². The first kappa shape index (κ1) is 13.0. The zero-order valence-electron chi connectivity index (χ0n) is 8.66. The third-order valence-electron chi connectivity index (χ3n) is 2.16. The fourth-order valence-corrected chi connectivity index (χ4v) is 2.32. The Kier molecular flexibility index (Phi) is 3.41. The van der Waals surface area contributed by atoms with Gasteiger partial charge in [-0.25, -0.2) is 4.98 Å². The number of halogens is 4. The highest BCUT2D eigenvalue weighted by Crippen LogP contribution is 2.37. The van der Waals surface area contributed by atoms with Crippen molar-refractivity contribution in [2.45, 2.75) is 6.18 Å². The number of carbonyl (C=O) groups is 1. The molecule has 0 aliphatic heterocycles. The van der Waals surface area contributed by atoms with E-state index in [1.165, 1.54) is 18.2 Å². The summed E-state index contributed by atoms with van der Waals surface area (Å²) in [5, 5.41) is -0.711. The maximum absolute atomic E-state index is 12.4. The summed E-state index contributed by atoms with van der Waals surface area (Å²) < 4.78 is 37.2. The number of nitrogens with zero attached hydrogens (tertiary/aromatic N) is 1. The summed E-state index contributed by atoms with van der Waals surface area (Å²) >= 11 is 6.34. The minimum atomic E-state index is -4.45. The van der Waals surface area contributed by atoms with E-state index in [9.17, 15) is 18.0 Å². The van der Waals surface area contributed by atoms with E-state index in [1.54, 1.807) is 0 Å². The monoisotopic (exact) mass is 291 g/mol. The van der Waals surface area contributed by atoms with Crippen LogP contribution in [0.4, 0.5) is 13.2 Å². The zero-order chi connectivity index (χ0) is 13.3. The molecule has 94 valence electrons. The molecule has 0 N–H and O–H groups in total. The second kappa shape index (κ2) is 4.70. The molecule has 0 radical (unpaired) electrons. The smallest absolute Gasteiger partial charge is 0.298 e. The molecule has 0 fully saturated rings. The van der Waals surface area contributed by atoms with Gasteiger partial charge in [0.1, 0.15) is 0 Å². The first-order valence-corrected chi connectivity index (χ1v) is 5.89. The number of aldehydes is 1. The van der Waals surface area contributed by atoms with Crippen molar-refractivity contribution in [3.63, 3.8) is 0 Å². The van der Waals surface area contributed by atoms with Gasteiger partial charge in [-0.1, -0.05) is 17.7 Å². The van der Waals surface area contributed by atoms with Crippen molar-refractivity contribution < 1.29 is 18.0 Å². The third kappa shape index (κ3) is 2.54. The van der Waals surface area contributed by atoms with E-state index in [-0.39, 0.29) is 5.02 Å². The summed E-state index contributed by atoms with van der Waals surface area (Å²) in [5.74, 6) is 0. The molecule has 0 amide bonds. The van der Waals surface area contributed by atoms with Gasteiger partial charge >= 0.3 is 6.18 Å². The van der Waals surface area contributed by atoms with Gasteiger partial charge in [-0.2, -0.15) is 13.2 Å². The van der Waals surface area contributed by atoms with Crippen LogP contribution in [-0.2, 0) is 6.18 Å². The Morgan fingerprint density at radius 3 is 2.56 bits per heavy atom. The molecular weight excluding hydrogens is 287 g/mol. The maximum Gasteiger partial charge on any atom is 0.443 e. The van der Waals surface area contributed by atoms with Gasteiger partial charge in [-0.3, -0.25) is 4.79 Å². The molecule has 2 nitrogen and oxygen atoms in total. The molecule has 0 saturated carbocycles. The molecule has 1 aromatic heterocycles. The number of rotatable bonds is 2. The number of carbonyl (C=O) groups excluding carboxylic acids is 1. The van der Waals surface area contributed by atoms with Crippen LogP contribution < -0.4 is 0 Å². The summed E-state index contributed by atoms with van der Waals surface area (Å²) in [7, 11) is 0. The minimum absolute atomic E-state index is 0.199. The van der Waals surface area contributed by atoms with Gasteiger partial charge < -0.3 is 0 Å². The van der Waals surface area contributed by atoms with E-state index in [1.807, 2.05) is 0 Å². The molecule has 0 unspecified atom stereocenters. The number of aromatic nitrogens is 1. The van der Waals surface area contributed by atoms with E-state index in [0.717, 1.165) is 6.20 Å². The Hall–Kier alpha value is -1.40. The number of alkyl halides is 3. The number of hydrogen-bond acceptors (Lipinski definition) is 3. The second-order valence-corrected chi connectivity index (χ2v) is 4.82. The van der Waals surface area contributed by atoms with Crippen LogP contribution in [0.5, 0.6) is 0 Å². The van der Waals surface area contributed by atoms with Crippen LogP contribution in [0.2, 0.25) is 5.02 Å². The average molecular weight is 292 g/mol. The fourth-order valence-electron chi connectivity index (χ4n) is 1.31. The van der Waals surface area contributed by atoms with Crippen LogP contribution >= 0.6 is 22.9 Å². The highest BCUT2D eigenvalue weighted by molar-refractivity contribution is 7.15. The van der Waals surface area contributed by atoms with Gasteiger partial charge in [0.25, 0.3) is 0 Å². The summed E-state index contributed by atoms with van der Waals surface area (Å²) in [6, 6.07) is 4.43. The third-order valence-corrected chi connectivity index (χ3v) is 3.58. The summed E-state index contributed by atoms with van der Waals surface area (Å²) in [6.45, 7) is 0. The lowest BCUT2D eigenvalue weighted by molar-refractivity contribution is -0.137. The highest BCUT2D eigenvalue weighted by atomic mass is 35.5. The molecular formula is C11H5ClF3NOS. The topological polar surface area (TPSA) is 30.0 Å². The van der Waals surface area contributed by atoms with E-state index >= 15 is 0 Å². The van der Waals surface area contributed by atoms with E-state index in [0.29, 0.717) is 33.6 Å². The Morgan fingerprint density at radius 1 is 1.33 bits per heavy atom. The van der Waals surface area contributed by atoms with Gasteiger partial charge in [-0.15, -0.1) is 11.3 Å². The van der Waals surface area contributed by atoms with Gasteiger partial charge in [-0.05, 0) is 17.7 Å². The van der Waals surface area contributed by atoms with Crippen LogP contribution in [0.15, 0.2) is 24.4 Å². The lowest BCUT2D eigenvalue weighted by Gasteiger charge is -2.01. The molecule has 0 spiro atoms. The van der Waals surface area contributed by atoms with Crippen LogP contribution in [0, 0.1) is 0 Å². The molecule has 7 heteroatoms. The summed E-state index contributed by atoms with van der Waals surface area (Å²) in [6.07, 6.45) is -2.73. The fraction of sp³-hybridized carbons (Fsp3) is 0.0909. The number of thiazole rings is 1. The van der Waals surface area contributed by atoms with Crippen LogP contribution in [0.1, 0.15) is 15.4 Å². The lowest BCUT2D eigenvalue weighted by Crippen LogP contribution is -2.02. The van der Waals surface area contributed by atoms with E-state index in [4.69, 9.17) is 11.6 Å². The van der Waals surface area contributed by atoms with Gasteiger partial charge in [0.2, 0.25) is 0 Å². The van der Waals surface area contributed by atoms with Gasteiger partial charge in [0, 0.05) is 11.8 Å². The van der Waals surface area contributed by atoms with Crippen LogP contribution in [0.25, 0.3) is 10.4 Å². The van der Waals surface area contributed by atoms with E-state index < -0.39 is 11.2 Å². The normalized spacial score (nSPS) is 11.6. The quantitative estimate of drug-likeness (QED) is 0.772. The molecule has 18 heavy (non-hydrogen) atoms. The first-order chi connectivity index (χ1) is 8.41. The Balaban J connectivity index is 2.40. The predicted octanol–water partition coefficient (Wildman–Crippen LogP) is 4.29. The standard InChI is InChI=1S/C11H5ClF3NOS/c12-8-3-6(1-2-7(8)5-17)9-4-16-10(18-9)11(13,14)15/h1-5H. The van der Waals surface area contributed by atoms with Crippen molar-refractivity contribution in [1.29, 1.82) is 0 Å². The molecule has 2 rings (SSSR count). The van der Waals surface area contributed by atoms with Crippen molar-refractivity contribution in [3.05, 3.63) is 40.0 Å². The van der Waals surface area contributed by atoms with Crippen LogP contribution in [0.3, 0.4) is 0 Å². The highest BCUT2D eigenvalue weighted by Gasteiger charge is 2.34. The van der Waals surface area contributed by atoms with Crippen molar-refractivity contribution in [2.75, 3.05) is 0 Å². The molecule has 0 aliphatic carbocycles. The minimum Gasteiger partial charge on any atom is -0.298 e. The Labute approximate surface area is 109 Å². The molecule has 0 bridgehead atoms. The molecule has 2 aromatic rings. The van der Waals surface area contributed by atoms with Crippen molar-refractivity contribution in [3.8, 4) is 10.4 Å². The number of benzene rings is 1. The Bertz CT molecular complexity index is 594. The second-order valence-electron chi connectivity index (χ2n) is 3.38. The molecule has 1 aromatic carbocycles. The van der Waals surface area contributed by atoms with Gasteiger partial charge in [0.05, 0.1) is 9.90 Å². The van der Waals surface area contributed by atoms with Crippen molar-refractivity contribution >= 4 is 29.2 Å². The zero-order valence-corrected chi connectivity index (χ0v) is 10.2. The molecule has 0 aliphatic rings. The maximum atomic E-state index is 12.4. The largest absolute Gasteiger partial charge is 0.443 e. The van der Waals surface area contributed by atoms with E-state index in [2.05, 4.69) is 4.98 Å². The molecule has 1 heterocycles. The number of hydrogen-bond donors (Lipinski definition) is 0. The predicted molar refractivity (Wildman–Crippen MR) is 62.9 cm³/mol. The van der Waals surface area contributed by atoms with Crippen molar-refractivity contribution in [2.24, 2.45) is 0 Å². The summed E-state index contributed by atoms with van der Waals surface area (Å²) in [4.78, 5) is 14.2. The van der Waals surface area contributed by atoms with Crippen LogP contribution in [-0.4, -0.2) is 11.3 Å². The lowest BCUT2D eigenvalue weighted by atomic mass is 10.1. The average Bonchev–Trinajstić information content (AvgIpc) is 2.77. The summed E-state index contributed by atoms with van der Waals surface area (Å²) in [5.41, 5.74) is 0.791. The SMILES string of the molecule is O=Cc1ccc(-c2cnc(C(F)(F)F)s2)cc1Cl.